The summed E-state index contributed by atoms with van der Waals surface area (Å²) in [6.07, 6.45) is 2.98. The van der Waals surface area contributed by atoms with Crippen molar-refractivity contribution in [1.29, 1.82) is 0 Å². The predicted molar refractivity (Wildman–Crippen MR) is 55.0 cm³/mol. The number of nitrogens with one attached hydrogen (secondary N) is 1. The van der Waals surface area contributed by atoms with Crippen LogP contribution in [0.25, 0.3) is 0 Å². The molecule has 6 nitrogen and oxygen atoms in total. The molecule has 0 atom stereocenters. The normalized spacial score (nSPS) is 10.2. The van der Waals surface area contributed by atoms with Crippen LogP contribution in [-0.2, 0) is 6.54 Å². The van der Waals surface area contributed by atoms with Crippen LogP contribution in [0.3, 0.4) is 0 Å². The van der Waals surface area contributed by atoms with Crippen LogP contribution in [0.5, 0.6) is 0 Å². The molecule has 0 fully saturated rings. The van der Waals surface area contributed by atoms with Crippen LogP contribution >= 0.6 is 0 Å². The Labute approximate surface area is 86.5 Å². The standard InChI is InChI=1S/C9H11N5O/c1-6-2-7(15-14-6)3-12-9-8(10)4-11-5-13-9/h2,4-5H,3,10H2,1H3,(H,11,12,13). The first kappa shape index (κ1) is 9.45. The number of hydrogen-bond donors (Lipinski definition) is 2. The van der Waals surface area contributed by atoms with Gasteiger partial charge in [-0.05, 0) is 6.92 Å². The van der Waals surface area contributed by atoms with Gasteiger partial charge < -0.3 is 15.6 Å². The fraction of sp³-hybridized carbons (Fsp3) is 0.222. The first-order valence-electron chi connectivity index (χ1n) is 4.47. The quantitative estimate of drug-likeness (QED) is 0.775. The molecule has 6 heteroatoms. The molecule has 15 heavy (non-hydrogen) atoms. The van der Waals surface area contributed by atoms with Gasteiger partial charge in [0, 0.05) is 6.07 Å². The number of aromatic nitrogens is 3. The lowest BCUT2D eigenvalue weighted by molar-refractivity contribution is 0.384. The molecule has 2 aromatic heterocycles. The van der Waals surface area contributed by atoms with E-state index in [-0.39, 0.29) is 0 Å². The highest BCUT2D eigenvalue weighted by Crippen LogP contribution is 2.13. The van der Waals surface area contributed by atoms with E-state index in [0.717, 1.165) is 11.5 Å². The summed E-state index contributed by atoms with van der Waals surface area (Å²) in [7, 11) is 0. The number of hydrogen-bond acceptors (Lipinski definition) is 6. The van der Waals surface area contributed by atoms with E-state index >= 15 is 0 Å². The van der Waals surface area contributed by atoms with Crippen molar-refractivity contribution in [2.45, 2.75) is 13.5 Å². The van der Waals surface area contributed by atoms with Crippen molar-refractivity contribution in [3.8, 4) is 0 Å². The maximum atomic E-state index is 5.66. The minimum Gasteiger partial charge on any atom is -0.394 e. The lowest BCUT2D eigenvalue weighted by atomic mass is 10.4. The van der Waals surface area contributed by atoms with E-state index < -0.39 is 0 Å². The predicted octanol–water partition coefficient (Wildman–Crippen LogP) is 0.967. The van der Waals surface area contributed by atoms with E-state index in [1.54, 1.807) is 6.20 Å². The van der Waals surface area contributed by atoms with Crippen molar-refractivity contribution < 1.29 is 4.52 Å². The Kier molecular flexibility index (Phi) is 2.49. The topological polar surface area (TPSA) is 89.9 Å². The molecule has 0 bridgehead atoms. The minimum absolute atomic E-state index is 0.502. The molecule has 0 amide bonds. The van der Waals surface area contributed by atoms with Gasteiger partial charge in [-0.2, -0.15) is 0 Å². The molecule has 0 spiro atoms. The molecule has 3 N–H and O–H groups in total. The third-order valence-corrected chi connectivity index (χ3v) is 1.85. The van der Waals surface area contributed by atoms with Crippen molar-refractivity contribution in [3.05, 3.63) is 30.0 Å². The van der Waals surface area contributed by atoms with Gasteiger partial charge >= 0.3 is 0 Å². The van der Waals surface area contributed by atoms with Gasteiger partial charge in [-0.25, -0.2) is 9.97 Å². The van der Waals surface area contributed by atoms with Crippen molar-refractivity contribution in [1.82, 2.24) is 15.1 Å². The van der Waals surface area contributed by atoms with Crippen LogP contribution in [0.1, 0.15) is 11.5 Å². The zero-order chi connectivity index (χ0) is 10.7. The molecule has 2 aromatic rings. The van der Waals surface area contributed by atoms with Crippen LogP contribution in [0.4, 0.5) is 11.5 Å². The molecule has 0 aliphatic heterocycles. The van der Waals surface area contributed by atoms with E-state index in [0.29, 0.717) is 18.1 Å². The fourth-order valence-corrected chi connectivity index (χ4v) is 1.16. The Hall–Kier alpha value is -2.11. The highest BCUT2D eigenvalue weighted by molar-refractivity contribution is 5.58. The first-order chi connectivity index (χ1) is 7.25. The Balaban J connectivity index is 2.02. The number of aryl methyl sites for hydroxylation is 1. The van der Waals surface area contributed by atoms with E-state index in [4.69, 9.17) is 10.3 Å². The Bertz CT molecular complexity index is 453. The van der Waals surface area contributed by atoms with Crippen molar-refractivity contribution in [2.24, 2.45) is 0 Å². The van der Waals surface area contributed by atoms with Gasteiger partial charge in [0.25, 0.3) is 0 Å². The SMILES string of the molecule is Cc1cc(CNc2ncncc2N)on1. The fourth-order valence-electron chi connectivity index (χ4n) is 1.16. The van der Waals surface area contributed by atoms with Gasteiger partial charge in [-0.1, -0.05) is 5.16 Å². The lowest BCUT2D eigenvalue weighted by Gasteiger charge is -2.04. The molecule has 0 aromatic carbocycles. The third-order valence-electron chi connectivity index (χ3n) is 1.85. The van der Waals surface area contributed by atoms with Gasteiger partial charge in [-0.15, -0.1) is 0 Å². The Morgan fingerprint density at radius 1 is 1.53 bits per heavy atom. The summed E-state index contributed by atoms with van der Waals surface area (Å²) in [5.74, 6) is 1.34. The van der Waals surface area contributed by atoms with Gasteiger partial charge in [0.2, 0.25) is 0 Å². The van der Waals surface area contributed by atoms with Crippen LogP contribution in [-0.4, -0.2) is 15.1 Å². The molecule has 0 aliphatic carbocycles. The van der Waals surface area contributed by atoms with Crippen molar-refractivity contribution in [3.63, 3.8) is 0 Å². The van der Waals surface area contributed by atoms with Crippen LogP contribution in [0.2, 0.25) is 0 Å². The maximum Gasteiger partial charge on any atom is 0.156 e. The summed E-state index contributed by atoms with van der Waals surface area (Å²) < 4.78 is 5.03. The zero-order valence-corrected chi connectivity index (χ0v) is 8.27. The van der Waals surface area contributed by atoms with Crippen LogP contribution in [0, 0.1) is 6.92 Å². The Morgan fingerprint density at radius 3 is 3.07 bits per heavy atom. The van der Waals surface area contributed by atoms with E-state index in [9.17, 15) is 0 Å². The van der Waals surface area contributed by atoms with Crippen molar-refractivity contribution in [2.75, 3.05) is 11.1 Å². The molecule has 78 valence electrons. The maximum absolute atomic E-state index is 5.66. The number of nitrogens with zero attached hydrogens (tertiary/aromatic N) is 3. The van der Waals surface area contributed by atoms with E-state index in [1.165, 1.54) is 6.33 Å². The molecule has 0 saturated heterocycles. The van der Waals surface area contributed by atoms with Gasteiger partial charge in [0.05, 0.1) is 24.1 Å². The molecule has 0 saturated carbocycles. The average Bonchev–Trinajstić information content (AvgIpc) is 2.63. The first-order valence-corrected chi connectivity index (χ1v) is 4.47. The molecule has 2 rings (SSSR count). The number of anilines is 2. The number of nitrogen functional groups attached to an aromatic ring is 1. The summed E-state index contributed by atoms with van der Waals surface area (Å²) in [6, 6.07) is 1.85. The number of rotatable bonds is 3. The summed E-state index contributed by atoms with van der Waals surface area (Å²) in [4.78, 5) is 7.78. The second kappa shape index (κ2) is 3.95. The smallest absolute Gasteiger partial charge is 0.156 e. The lowest BCUT2D eigenvalue weighted by Crippen LogP contribution is -2.04. The van der Waals surface area contributed by atoms with Gasteiger partial charge in [-0.3, -0.25) is 0 Å². The van der Waals surface area contributed by atoms with Gasteiger partial charge in [0.1, 0.15) is 6.33 Å². The van der Waals surface area contributed by atoms with E-state index in [1.807, 2.05) is 13.0 Å². The van der Waals surface area contributed by atoms with E-state index in [2.05, 4.69) is 20.4 Å². The zero-order valence-electron chi connectivity index (χ0n) is 8.27. The summed E-state index contributed by atoms with van der Waals surface area (Å²) >= 11 is 0. The van der Waals surface area contributed by atoms with Crippen LogP contribution in [0.15, 0.2) is 23.1 Å². The molecular weight excluding hydrogens is 194 g/mol. The van der Waals surface area contributed by atoms with Crippen LogP contribution < -0.4 is 11.1 Å². The summed E-state index contributed by atoms with van der Waals surface area (Å²) in [5.41, 5.74) is 7.01. The molecule has 0 aliphatic rings. The molecule has 0 unspecified atom stereocenters. The second-order valence-corrected chi connectivity index (χ2v) is 3.11. The summed E-state index contributed by atoms with van der Waals surface area (Å²) in [5, 5.41) is 6.81. The monoisotopic (exact) mass is 205 g/mol. The molecule has 0 radical (unpaired) electrons. The minimum atomic E-state index is 0.502. The highest BCUT2D eigenvalue weighted by Gasteiger charge is 2.03. The van der Waals surface area contributed by atoms with Gasteiger partial charge in [0.15, 0.2) is 11.6 Å². The second-order valence-electron chi connectivity index (χ2n) is 3.11. The average molecular weight is 205 g/mol. The Morgan fingerprint density at radius 2 is 2.40 bits per heavy atom. The highest BCUT2D eigenvalue weighted by atomic mass is 16.5. The largest absolute Gasteiger partial charge is 0.394 e. The molecular formula is C9H11N5O. The number of nitrogens with two attached hydrogens (primary N) is 1. The molecule has 2 heterocycles. The summed E-state index contributed by atoms with van der Waals surface area (Å²) in [6.45, 7) is 2.37. The van der Waals surface area contributed by atoms with Crippen molar-refractivity contribution >= 4 is 11.5 Å². The third kappa shape index (κ3) is 2.22.